The van der Waals surface area contributed by atoms with Gasteiger partial charge in [0.25, 0.3) is 5.56 Å². The molecule has 0 saturated carbocycles. The van der Waals surface area contributed by atoms with Gasteiger partial charge in [-0.3, -0.25) is 19.3 Å². The Balaban J connectivity index is 1.60. The second-order valence-electron chi connectivity index (χ2n) is 6.09. The van der Waals surface area contributed by atoms with Crippen LogP contribution in [-0.4, -0.2) is 76.2 Å². The minimum Gasteiger partial charge on any atom is -0.395 e. The molecule has 1 aromatic carbocycles. The zero-order valence-electron chi connectivity index (χ0n) is 14.3. The molecule has 3 rings (SSSR count). The molecule has 1 aliphatic rings. The van der Waals surface area contributed by atoms with Crippen LogP contribution in [0.5, 0.6) is 0 Å². The molecule has 2 heterocycles. The maximum absolute atomic E-state index is 12.3. The van der Waals surface area contributed by atoms with Crippen LogP contribution in [0.4, 0.5) is 0 Å². The van der Waals surface area contributed by atoms with Gasteiger partial charge in [-0.25, -0.2) is 5.10 Å². The van der Waals surface area contributed by atoms with Gasteiger partial charge in [-0.1, -0.05) is 18.2 Å². The number of nitrogens with one attached hydrogen (secondary N) is 2. The minimum atomic E-state index is -0.697. The second-order valence-corrected chi connectivity index (χ2v) is 6.09. The van der Waals surface area contributed by atoms with Gasteiger partial charge in [-0.2, -0.15) is 5.10 Å². The number of benzene rings is 1. The molecule has 1 saturated heterocycles. The van der Waals surface area contributed by atoms with Gasteiger partial charge in [0, 0.05) is 38.1 Å². The van der Waals surface area contributed by atoms with E-state index in [1.165, 1.54) is 4.90 Å². The summed E-state index contributed by atoms with van der Waals surface area (Å²) >= 11 is 0. The molecule has 0 aliphatic carbocycles. The fourth-order valence-electron chi connectivity index (χ4n) is 3.01. The summed E-state index contributed by atoms with van der Waals surface area (Å²) in [4.78, 5) is 39.8. The number of fused-ring (bicyclic) bond motifs is 1. The van der Waals surface area contributed by atoms with Gasteiger partial charge in [0.15, 0.2) is 0 Å². The highest BCUT2D eigenvalue weighted by atomic mass is 16.3. The Morgan fingerprint density at radius 2 is 1.85 bits per heavy atom. The molecule has 0 atom stereocenters. The number of rotatable bonds is 4. The molecular formula is C17H21N5O4. The first kappa shape index (κ1) is 18.0. The third kappa shape index (κ3) is 3.89. The quantitative estimate of drug-likeness (QED) is 0.583. The van der Waals surface area contributed by atoms with Crippen LogP contribution in [0.1, 0.15) is 5.69 Å². The monoisotopic (exact) mass is 359 g/mol. The molecule has 26 heavy (non-hydrogen) atoms. The van der Waals surface area contributed by atoms with Crippen LogP contribution < -0.4 is 10.9 Å². The lowest BCUT2D eigenvalue weighted by Crippen LogP contribution is -2.52. The highest BCUT2D eigenvalue weighted by Gasteiger charge is 2.25. The average molecular weight is 359 g/mol. The molecule has 2 aromatic rings. The predicted molar refractivity (Wildman–Crippen MR) is 94.3 cm³/mol. The van der Waals surface area contributed by atoms with Crippen molar-refractivity contribution in [1.29, 1.82) is 0 Å². The first-order valence-corrected chi connectivity index (χ1v) is 8.47. The number of piperazine rings is 1. The Morgan fingerprint density at radius 1 is 1.15 bits per heavy atom. The van der Waals surface area contributed by atoms with E-state index in [1.807, 2.05) is 4.90 Å². The number of nitrogens with zero attached hydrogens (tertiary/aromatic N) is 3. The largest absolute Gasteiger partial charge is 0.395 e. The number of H-pyrrole nitrogens is 1. The Kier molecular flexibility index (Phi) is 5.59. The maximum atomic E-state index is 12.3. The zero-order valence-corrected chi connectivity index (χ0v) is 14.3. The molecule has 138 valence electrons. The average Bonchev–Trinajstić information content (AvgIpc) is 2.68. The summed E-state index contributed by atoms with van der Waals surface area (Å²) in [6.07, 6.45) is 0. The molecule has 9 heteroatoms. The lowest BCUT2D eigenvalue weighted by Gasteiger charge is -2.33. The first-order valence-electron chi connectivity index (χ1n) is 8.47. The lowest BCUT2D eigenvalue weighted by atomic mass is 10.1. The standard InChI is InChI=1S/C17H21N5O4/c23-10-9-21-5-7-22(8-6-21)17(26)16(25)18-11-14-12-3-1-2-4-13(12)15(24)20-19-14/h1-4,23H,5-11H2,(H,18,25)(H,20,24). The fraction of sp³-hybridized carbons (Fsp3) is 0.412. The van der Waals surface area contributed by atoms with E-state index in [0.717, 1.165) is 0 Å². The molecule has 2 amide bonds. The zero-order chi connectivity index (χ0) is 18.5. The summed E-state index contributed by atoms with van der Waals surface area (Å²) in [6, 6.07) is 6.96. The molecule has 9 nitrogen and oxygen atoms in total. The highest BCUT2D eigenvalue weighted by molar-refractivity contribution is 6.35. The van der Waals surface area contributed by atoms with E-state index < -0.39 is 11.8 Å². The summed E-state index contributed by atoms with van der Waals surface area (Å²) in [5.74, 6) is -1.28. The fourth-order valence-corrected chi connectivity index (χ4v) is 3.01. The van der Waals surface area contributed by atoms with Crippen LogP contribution in [0.3, 0.4) is 0 Å². The van der Waals surface area contributed by atoms with Gasteiger partial charge in [-0.05, 0) is 6.07 Å². The second kappa shape index (κ2) is 8.07. The van der Waals surface area contributed by atoms with Crippen LogP contribution in [0.15, 0.2) is 29.1 Å². The van der Waals surface area contributed by atoms with Crippen molar-refractivity contribution in [1.82, 2.24) is 25.3 Å². The summed E-state index contributed by atoms with van der Waals surface area (Å²) in [7, 11) is 0. The lowest BCUT2D eigenvalue weighted by molar-refractivity contribution is -0.147. The number of amides is 2. The van der Waals surface area contributed by atoms with E-state index >= 15 is 0 Å². The molecule has 1 aliphatic heterocycles. The SMILES string of the molecule is O=C(NCc1n[nH]c(=O)c2ccccc12)C(=O)N1CCN(CCO)CC1. The summed E-state index contributed by atoms with van der Waals surface area (Å²) in [5, 5.41) is 19.0. The van der Waals surface area contributed by atoms with Gasteiger partial charge in [0.05, 0.1) is 24.2 Å². The first-order chi connectivity index (χ1) is 12.6. The van der Waals surface area contributed by atoms with E-state index in [4.69, 9.17) is 5.11 Å². The third-order valence-electron chi connectivity index (χ3n) is 4.46. The van der Waals surface area contributed by atoms with Crippen molar-refractivity contribution < 1.29 is 14.7 Å². The molecule has 0 spiro atoms. The Hall–Kier alpha value is -2.78. The Labute approximate surface area is 149 Å². The maximum Gasteiger partial charge on any atom is 0.311 e. The van der Waals surface area contributed by atoms with Crippen molar-refractivity contribution in [3.05, 3.63) is 40.3 Å². The summed E-state index contributed by atoms with van der Waals surface area (Å²) in [5.41, 5.74) is 0.196. The van der Waals surface area contributed by atoms with Gasteiger partial charge in [0.1, 0.15) is 0 Å². The van der Waals surface area contributed by atoms with Gasteiger partial charge < -0.3 is 15.3 Å². The smallest absolute Gasteiger partial charge is 0.311 e. The van der Waals surface area contributed by atoms with Crippen LogP contribution in [-0.2, 0) is 16.1 Å². The van der Waals surface area contributed by atoms with E-state index in [1.54, 1.807) is 24.3 Å². The molecule has 3 N–H and O–H groups in total. The van der Waals surface area contributed by atoms with Crippen LogP contribution in [0, 0.1) is 0 Å². The van der Waals surface area contributed by atoms with E-state index in [2.05, 4.69) is 15.5 Å². The van der Waals surface area contributed by atoms with Crippen molar-refractivity contribution in [2.45, 2.75) is 6.54 Å². The number of carbonyl (C=O) groups excluding carboxylic acids is 2. The normalized spacial score (nSPS) is 15.2. The Bertz CT molecular complexity index is 858. The van der Waals surface area contributed by atoms with E-state index in [0.29, 0.717) is 49.2 Å². The molecule has 0 bridgehead atoms. The number of β-amino-alcohol motifs (C(OH)–C–C–N with tert-alkyl or cyclic N) is 1. The number of aliphatic hydroxyl groups is 1. The highest BCUT2D eigenvalue weighted by Crippen LogP contribution is 2.12. The van der Waals surface area contributed by atoms with E-state index in [-0.39, 0.29) is 18.7 Å². The van der Waals surface area contributed by atoms with Crippen LogP contribution in [0.2, 0.25) is 0 Å². The minimum absolute atomic E-state index is 0.0480. The number of hydrogen-bond acceptors (Lipinski definition) is 6. The topological polar surface area (TPSA) is 119 Å². The molecular weight excluding hydrogens is 338 g/mol. The van der Waals surface area contributed by atoms with Crippen LogP contribution >= 0.6 is 0 Å². The van der Waals surface area contributed by atoms with Crippen molar-refractivity contribution in [2.24, 2.45) is 0 Å². The number of aromatic amines is 1. The van der Waals surface area contributed by atoms with Crippen LogP contribution in [0.25, 0.3) is 10.8 Å². The number of hydrogen-bond donors (Lipinski definition) is 3. The van der Waals surface area contributed by atoms with Gasteiger partial charge in [-0.15, -0.1) is 0 Å². The van der Waals surface area contributed by atoms with Crippen molar-refractivity contribution in [3.63, 3.8) is 0 Å². The Morgan fingerprint density at radius 3 is 2.54 bits per heavy atom. The number of carbonyl (C=O) groups is 2. The molecule has 0 radical (unpaired) electrons. The molecule has 1 aromatic heterocycles. The van der Waals surface area contributed by atoms with Crippen molar-refractivity contribution in [3.8, 4) is 0 Å². The van der Waals surface area contributed by atoms with Gasteiger partial charge in [0.2, 0.25) is 0 Å². The molecule has 0 unspecified atom stereocenters. The van der Waals surface area contributed by atoms with Gasteiger partial charge >= 0.3 is 11.8 Å². The molecule has 1 fully saturated rings. The van der Waals surface area contributed by atoms with E-state index in [9.17, 15) is 14.4 Å². The van der Waals surface area contributed by atoms with Crippen molar-refractivity contribution >= 4 is 22.6 Å². The number of aromatic nitrogens is 2. The summed E-state index contributed by atoms with van der Waals surface area (Å²) < 4.78 is 0. The third-order valence-corrected chi connectivity index (χ3v) is 4.46. The van der Waals surface area contributed by atoms with Crippen molar-refractivity contribution in [2.75, 3.05) is 39.3 Å². The summed E-state index contributed by atoms with van der Waals surface area (Å²) in [6.45, 7) is 2.86. The number of aliphatic hydroxyl groups excluding tert-OH is 1. The predicted octanol–water partition coefficient (Wildman–Crippen LogP) is -1.32.